The van der Waals surface area contributed by atoms with Gasteiger partial charge < -0.3 is 9.84 Å². The lowest BCUT2D eigenvalue weighted by Crippen LogP contribution is -2.47. The van der Waals surface area contributed by atoms with E-state index in [2.05, 4.69) is 4.74 Å². The van der Waals surface area contributed by atoms with E-state index in [0.717, 1.165) is 0 Å². The summed E-state index contributed by atoms with van der Waals surface area (Å²) in [5.41, 5.74) is 0.251. The third kappa shape index (κ3) is 3.53. The zero-order chi connectivity index (χ0) is 17.2. The molecule has 0 bridgehead atoms. The smallest absolute Gasteiger partial charge is 0.337 e. The summed E-state index contributed by atoms with van der Waals surface area (Å²) in [6.07, 6.45) is 0.959. The van der Waals surface area contributed by atoms with E-state index in [1.165, 1.54) is 35.7 Å². The number of esters is 1. The third-order valence-corrected chi connectivity index (χ3v) is 6.05. The van der Waals surface area contributed by atoms with Crippen LogP contribution in [0.3, 0.4) is 0 Å². The van der Waals surface area contributed by atoms with Crippen LogP contribution in [0, 0.1) is 5.92 Å². The second-order valence-corrected chi connectivity index (χ2v) is 7.44. The molecule has 1 aromatic carbocycles. The predicted octanol–water partition coefficient (Wildman–Crippen LogP) is 1.35. The molecule has 0 spiro atoms. The van der Waals surface area contributed by atoms with Gasteiger partial charge in [-0.3, -0.25) is 4.79 Å². The van der Waals surface area contributed by atoms with Crippen LogP contribution in [-0.4, -0.2) is 49.5 Å². The second-order valence-electron chi connectivity index (χ2n) is 5.55. The van der Waals surface area contributed by atoms with Gasteiger partial charge >= 0.3 is 11.9 Å². The summed E-state index contributed by atoms with van der Waals surface area (Å²) in [5.74, 6) is -2.24. The minimum atomic E-state index is -3.81. The van der Waals surface area contributed by atoms with Crippen molar-refractivity contribution in [2.45, 2.75) is 30.7 Å². The Bertz CT molecular complexity index is 697. The maximum absolute atomic E-state index is 12.7. The number of nitrogens with zero attached hydrogens (tertiary/aromatic N) is 1. The van der Waals surface area contributed by atoms with Gasteiger partial charge in [0.25, 0.3) is 0 Å². The fourth-order valence-corrected chi connectivity index (χ4v) is 4.33. The molecule has 1 aliphatic rings. The molecule has 2 rings (SSSR count). The van der Waals surface area contributed by atoms with E-state index in [1.54, 1.807) is 6.92 Å². The molecule has 1 aliphatic heterocycles. The average Bonchev–Trinajstić information content (AvgIpc) is 2.54. The van der Waals surface area contributed by atoms with Crippen LogP contribution in [-0.2, 0) is 19.6 Å². The van der Waals surface area contributed by atoms with E-state index in [4.69, 9.17) is 5.11 Å². The number of hydrogen-bond acceptors (Lipinski definition) is 5. The van der Waals surface area contributed by atoms with Crippen LogP contribution in [0.4, 0.5) is 0 Å². The molecule has 1 heterocycles. The molecule has 8 heteroatoms. The predicted molar refractivity (Wildman–Crippen MR) is 81.5 cm³/mol. The van der Waals surface area contributed by atoms with E-state index >= 15 is 0 Å². The Labute approximate surface area is 134 Å². The van der Waals surface area contributed by atoms with Crippen molar-refractivity contribution in [1.29, 1.82) is 0 Å². The number of carboxylic acid groups (broad SMARTS) is 1. The number of sulfonamides is 1. The minimum absolute atomic E-state index is 0.0306. The molecule has 1 aromatic rings. The normalized spacial score (nSPS) is 22.5. The molecule has 2 unspecified atom stereocenters. The molecule has 0 aliphatic carbocycles. The zero-order valence-corrected chi connectivity index (χ0v) is 13.7. The maximum Gasteiger partial charge on any atom is 0.337 e. The summed E-state index contributed by atoms with van der Waals surface area (Å²) >= 11 is 0. The number of hydrogen-bond donors (Lipinski definition) is 1. The molecule has 0 saturated carbocycles. The molecule has 1 saturated heterocycles. The summed E-state index contributed by atoms with van der Waals surface area (Å²) < 4.78 is 31.3. The van der Waals surface area contributed by atoms with Crippen molar-refractivity contribution in [2.75, 3.05) is 13.7 Å². The van der Waals surface area contributed by atoms with Crippen molar-refractivity contribution >= 4 is 22.0 Å². The van der Waals surface area contributed by atoms with Gasteiger partial charge in [-0.05, 0) is 44.0 Å². The van der Waals surface area contributed by atoms with Crippen LogP contribution >= 0.6 is 0 Å². The first-order valence-corrected chi connectivity index (χ1v) is 8.64. The van der Waals surface area contributed by atoms with Crippen molar-refractivity contribution < 1.29 is 27.9 Å². The molecular formula is C15H19NO6S. The zero-order valence-electron chi connectivity index (χ0n) is 12.9. The summed E-state index contributed by atoms with van der Waals surface area (Å²) in [6.45, 7) is 1.72. The van der Waals surface area contributed by atoms with Crippen LogP contribution in [0.1, 0.15) is 30.1 Å². The molecule has 126 valence electrons. The highest BCUT2D eigenvalue weighted by Gasteiger charge is 2.37. The molecule has 0 aromatic heterocycles. The Morgan fingerprint density at radius 2 is 1.83 bits per heavy atom. The Hall–Kier alpha value is -1.93. The van der Waals surface area contributed by atoms with Gasteiger partial charge in [-0.25, -0.2) is 13.2 Å². The summed E-state index contributed by atoms with van der Waals surface area (Å²) in [5, 5.41) is 9.13. The SMILES string of the molecule is COC(=O)c1ccc(S(=O)(=O)N2CC(C(=O)O)CCC2C)cc1. The first-order chi connectivity index (χ1) is 10.8. The van der Waals surface area contributed by atoms with Gasteiger partial charge in [-0.1, -0.05) is 0 Å². The number of piperidine rings is 1. The lowest BCUT2D eigenvalue weighted by atomic mass is 9.96. The number of ether oxygens (including phenoxy) is 1. The fourth-order valence-electron chi connectivity index (χ4n) is 2.63. The maximum atomic E-state index is 12.7. The standard InChI is InChI=1S/C15H19NO6S/c1-10-3-4-12(14(17)18)9-16(10)23(20,21)13-7-5-11(6-8-13)15(19)22-2/h5-8,10,12H,3-4,9H2,1-2H3,(H,17,18). The van der Waals surface area contributed by atoms with Crippen LogP contribution < -0.4 is 0 Å². The van der Waals surface area contributed by atoms with Crippen LogP contribution in [0.5, 0.6) is 0 Å². The van der Waals surface area contributed by atoms with Crippen molar-refractivity contribution in [3.8, 4) is 0 Å². The molecule has 7 nitrogen and oxygen atoms in total. The number of aliphatic carboxylic acids is 1. The van der Waals surface area contributed by atoms with Gasteiger partial charge in [0.2, 0.25) is 10.0 Å². The van der Waals surface area contributed by atoms with Gasteiger partial charge in [0.1, 0.15) is 0 Å². The summed E-state index contributed by atoms with van der Waals surface area (Å²) in [7, 11) is -2.56. The molecule has 0 radical (unpaired) electrons. The van der Waals surface area contributed by atoms with Crippen LogP contribution in [0.15, 0.2) is 29.2 Å². The molecule has 1 N–H and O–H groups in total. The molecule has 0 amide bonds. The van der Waals surface area contributed by atoms with Gasteiger partial charge in [0, 0.05) is 12.6 Å². The highest BCUT2D eigenvalue weighted by Crippen LogP contribution is 2.28. The average molecular weight is 341 g/mol. The second kappa shape index (κ2) is 6.67. The molecule has 23 heavy (non-hydrogen) atoms. The number of carbonyl (C=O) groups is 2. The van der Waals surface area contributed by atoms with E-state index in [9.17, 15) is 18.0 Å². The number of carbonyl (C=O) groups excluding carboxylic acids is 1. The number of methoxy groups -OCH3 is 1. The Kier molecular flexibility index (Phi) is 5.06. The first kappa shape index (κ1) is 17.4. The Morgan fingerprint density at radius 1 is 1.22 bits per heavy atom. The quantitative estimate of drug-likeness (QED) is 0.830. The summed E-state index contributed by atoms with van der Waals surface area (Å²) in [6, 6.07) is 5.15. The Morgan fingerprint density at radius 3 is 2.35 bits per heavy atom. The van der Waals surface area contributed by atoms with Gasteiger partial charge in [0.15, 0.2) is 0 Å². The lowest BCUT2D eigenvalue weighted by Gasteiger charge is -2.35. The monoisotopic (exact) mass is 341 g/mol. The van der Waals surface area contributed by atoms with Gasteiger partial charge in [-0.15, -0.1) is 0 Å². The fraction of sp³-hybridized carbons (Fsp3) is 0.467. The molecule has 2 atom stereocenters. The Balaban J connectivity index is 2.29. The first-order valence-electron chi connectivity index (χ1n) is 7.20. The topological polar surface area (TPSA) is 101 Å². The van der Waals surface area contributed by atoms with Gasteiger partial charge in [0.05, 0.1) is 23.5 Å². The summed E-state index contributed by atoms with van der Waals surface area (Å²) in [4.78, 5) is 22.6. The highest BCUT2D eigenvalue weighted by atomic mass is 32.2. The van der Waals surface area contributed by atoms with Crippen molar-refractivity contribution in [3.05, 3.63) is 29.8 Å². The lowest BCUT2D eigenvalue weighted by molar-refractivity contribution is -0.143. The van der Waals surface area contributed by atoms with E-state index < -0.39 is 27.9 Å². The molecular weight excluding hydrogens is 322 g/mol. The van der Waals surface area contributed by atoms with E-state index in [0.29, 0.717) is 12.8 Å². The number of benzene rings is 1. The van der Waals surface area contributed by atoms with Crippen molar-refractivity contribution in [2.24, 2.45) is 5.92 Å². The number of rotatable bonds is 4. The van der Waals surface area contributed by atoms with Gasteiger partial charge in [-0.2, -0.15) is 4.31 Å². The third-order valence-electron chi connectivity index (χ3n) is 4.06. The highest BCUT2D eigenvalue weighted by molar-refractivity contribution is 7.89. The largest absolute Gasteiger partial charge is 0.481 e. The van der Waals surface area contributed by atoms with Crippen molar-refractivity contribution in [1.82, 2.24) is 4.31 Å². The minimum Gasteiger partial charge on any atom is -0.481 e. The van der Waals surface area contributed by atoms with E-state index in [-0.39, 0.29) is 23.0 Å². The van der Waals surface area contributed by atoms with Crippen molar-refractivity contribution in [3.63, 3.8) is 0 Å². The molecule has 1 fully saturated rings. The van der Waals surface area contributed by atoms with Crippen LogP contribution in [0.25, 0.3) is 0 Å². The van der Waals surface area contributed by atoms with Crippen LogP contribution in [0.2, 0.25) is 0 Å². The van der Waals surface area contributed by atoms with E-state index in [1.807, 2.05) is 0 Å². The number of carboxylic acids is 1.